The highest BCUT2D eigenvalue weighted by molar-refractivity contribution is 8.00. The fourth-order valence-corrected chi connectivity index (χ4v) is 6.66. The molecule has 0 aliphatic carbocycles. The maximum Gasteiger partial charge on any atom is 0.302 e. The summed E-state index contributed by atoms with van der Waals surface area (Å²) in [5.41, 5.74) is 0.898. The van der Waals surface area contributed by atoms with E-state index in [0.717, 1.165) is 33.7 Å². The molecule has 3 heterocycles. The minimum atomic E-state index is -1.13. The summed E-state index contributed by atoms with van der Waals surface area (Å²) in [6.45, 7) is 1.72. The number of hydrogen-bond acceptors (Lipinski definition) is 9. The number of ether oxygens (including phenoxy) is 1. The number of methoxy groups -OCH3 is 1. The summed E-state index contributed by atoms with van der Waals surface area (Å²) in [6.07, 6.45) is 0. The maximum absolute atomic E-state index is 14.5. The number of aliphatic hydroxyl groups is 1. The number of ketones is 1. The van der Waals surface area contributed by atoms with Crippen LogP contribution >= 0.6 is 23.1 Å². The third kappa shape index (κ3) is 4.87. The molecule has 1 atom stereocenters. The SMILES string of the molecule is COc1ccc(C(O)=C2C(=O)C(=O)N(c3nnc(SCc4cccc5ccccc45)s3)[C@@H]2c2ccc(C)o2)cc1F. The summed E-state index contributed by atoms with van der Waals surface area (Å²) >= 11 is 2.62. The number of anilines is 1. The largest absolute Gasteiger partial charge is 0.507 e. The minimum Gasteiger partial charge on any atom is -0.507 e. The maximum atomic E-state index is 14.5. The molecule has 8 nitrogen and oxygen atoms in total. The number of amides is 1. The molecule has 1 aliphatic rings. The third-order valence-electron chi connectivity index (χ3n) is 6.73. The number of furan rings is 1. The van der Waals surface area contributed by atoms with Crippen molar-refractivity contribution in [1.82, 2.24) is 10.2 Å². The molecule has 1 amide bonds. The Morgan fingerprint density at radius 1 is 1.10 bits per heavy atom. The molecular formula is C30H22FN3O5S2. The van der Waals surface area contributed by atoms with Crippen molar-refractivity contribution in [3.8, 4) is 5.75 Å². The molecule has 0 unspecified atom stereocenters. The van der Waals surface area contributed by atoms with Crippen molar-refractivity contribution in [2.75, 3.05) is 12.0 Å². The lowest BCUT2D eigenvalue weighted by atomic mass is 9.99. The van der Waals surface area contributed by atoms with E-state index in [0.29, 0.717) is 15.9 Å². The zero-order chi connectivity index (χ0) is 28.7. The topological polar surface area (TPSA) is 106 Å². The second kappa shape index (κ2) is 10.8. The molecule has 206 valence electrons. The van der Waals surface area contributed by atoms with Gasteiger partial charge in [-0.1, -0.05) is 65.6 Å². The number of thioether (sulfide) groups is 1. The van der Waals surface area contributed by atoms with Gasteiger partial charge >= 0.3 is 5.91 Å². The van der Waals surface area contributed by atoms with E-state index in [1.54, 1.807) is 19.1 Å². The lowest BCUT2D eigenvalue weighted by Gasteiger charge is -2.20. The fraction of sp³-hybridized carbons (Fsp3) is 0.133. The lowest BCUT2D eigenvalue weighted by molar-refractivity contribution is -0.132. The summed E-state index contributed by atoms with van der Waals surface area (Å²) in [7, 11) is 1.32. The van der Waals surface area contributed by atoms with Crippen LogP contribution in [-0.4, -0.2) is 34.1 Å². The van der Waals surface area contributed by atoms with Gasteiger partial charge in [0.15, 0.2) is 15.9 Å². The fourth-order valence-electron chi connectivity index (χ4n) is 4.78. The normalized spacial score (nSPS) is 16.6. The number of aliphatic hydroxyl groups excluding tert-OH is 1. The smallest absolute Gasteiger partial charge is 0.302 e. The Bertz CT molecular complexity index is 1840. The van der Waals surface area contributed by atoms with Crippen molar-refractivity contribution in [2.24, 2.45) is 0 Å². The summed E-state index contributed by atoms with van der Waals surface area (Å²) in [6, 6.07) is 20.2. The molecule has 6 rings (SSSR count). The number of aryl methyl sites for hydroxylation is 1. The van der Waals surface area contributed by atoms with Crippen LogP contribution in [0.2, 0.25) is 0 Å². The van der Waals surface area contributed by atoms with E-state index in [-0.39, 0.29) is 27.8 Å². The van der Waals surface area contributed by atoms with E-state index in [1.165, 1.54) is 35.9 Å². The van der Waals surface area contributed by atoms with Gasteiger partial charge in [0.2, 0.25) is 5.13 Å². The van der Waals surface area contributed by atoms with Crippen LogP contribution in [-0.2, 0) is 15.3 Å². The first-order chi connectivity index (χ1) is 19.9. The lowest BCUT2D eigenvalue weighted by Crippen LogP contribution is -2.29. The molecule has 2 aromatic heterocycles. The first-order valence-corrected chi connectivity index (χ1v) is 14.3. The Labute approximate surface area is 242 Å². The molecule has 1 aliphatic heterocycles. The number of hydrogen-bond donors (Lipinski definition) is 1. The molecule has 0 saturated carbocycles. The van der Waals surface area contributed by atoms with Crippen LogP contribution in [0.5, 0.6) is 5.75 Å². The zero-order valence-electron chi connectivity index (χ0n) is 21.8. The molecule has 0 spiro atoms. The predicted molar refractivity (Wildman–Crippen MR) is 155 cm³/mol. The summed E-state index contributed by atoms with van der Waals surface area (Å²) in [4.78, 5) is 27.9. The van der Waals surface area contributed by atoms with Crippen LogP contribution in [0, 0.1) is 12.7 Å². The first-order valence-electron chi connectivity index (χ1n) is 12.5. The quantitative estimate of drug-likeness (QED) is 0.0741. The molecule has 11 heteroatoms. The van der Waals surface area contributed by atoms with Gasteiger partial charge in [-0.15, -0.1) is 10.2 Å². The highest BCUT2D eigenvalue weighted by Crippen LogP contribution is 2.44. The Morgan fingerprint density at radius 3 is 2.66 bits per heavy atom. The number of nitrogens with zero attached hydrogens (tertiary/aromatic N) is 3. The van der Waals surface area contributed by atoms with Gasteiger partial charge < -0.3 is 14.3 Å². The molecular weight excluding hydrogens is 565 g/mol. The van der Waals surface area contributed by atoms with Gasteiger partial charge in [-0.3, -0.25) is 14.5 Å². The van der Waals surface area contributed by atoms with Crippen LogP contribution in [0.25, 0.3) is 16.5 Å². The number of halogens is 1. The molecule has 5 aromatic rings. The van der Waals surface area contributed by atoms with Gasteiger partial charge in [-0.05, 0) is 53.6 Å². The van der Waals surface area contributed by atoms with Crippen molar-refractivity contribution in [1.29, 1.82) is 0 Å². The van der Waals surface area contributed by atoms with Crippen LogP contribution < -0.4 is 9.64 Å². The number of rotatable bonds is 7. The summed E-state index contributed by atoms with van der Waals surface area (Å²) in [5.74, 6) is -1.72. The molecule has 1 fully saturated rings. The highest BCUT2D eigenvalue weighted by atomic mass is 32.2. The van der Waals surface area contributed by atoms with Gasteiger partial charge in [-0.2, -0.15) is 0 Å². The summed E-state index contributed by atoms with van der Waals surface area (Å²) < 4.78 is 25.8. The predicted octanol–water partition coefficient (Wildman–Crippen LogP) is 6.66. The van der Waals surface area contributed by atoms with E-state index in [2.05, 4.69) is 34.5 Å². The van der Waals surface area contributed by atoms with Gasteiger partial charge in [-0.25, -0.2) is 4.39 Å². The zero-order valence-corrected chi connectivity index (χ0v) is 23.5. The number of benzene rings is 3. The van der Waals surface area contributed by atoms with E-state index < -0.39 is 29.3 Å². The van der Waals surface area contributed by atoms with Gasteiger partial charge in [0.25, 0.3) is 5.78 Å². The average molecular weight is 588 g/mol. The number of fused-ring (bicyclic) bond motifs is 1. The second-order valence-electron chi connectivity index (χ2n) is 9.24. The Balaban J connectivity index is 1.36. The monoisotopic (exact) mass is 587 g/mol. The van der Waals surface area contributed by atoms with Gasteiger partial charge in [0.1, 0.15) is 23.3 Å². The molecule has 1 saturated heterocycles. The minimum absolute atomic E-state index is 0.0122. The summed E-state index contributed by atoms with van der Waals surface area (Å²) in [5, 5.41) is 22.1. The van der Waals surface area contributed by atoms with Crippen LogP contribution in [0.4, 0.5) is 9.52 Å². The molecule has 1 N–H and O–H groups in total. The Morgan fingerprint density at radius 2 is 1.90 bits per heavy atom. The number of carbonyl (C=O) groups is 2. The van der Waals surface area contributed by atoms with Crippen molar-refractivity contribution in [3.05, 3.63) is 107 Å². The van der Waals surface area contributed by atoms with Gasteiger partial charge in [0, 0.05) is 11.3 Å². The van der Waals surface area contributed by atoms with E-state index in [4.69, 9.17) is 9.15 Å². The Hall–Kier alpha value is -4.48. The van der Waals surface area contributed by atoms with Gasteiger partial charge in [0.05, 0.1) is 12.7 Å². The molecule has 0 radical (unpaired) electrons. The standard InChI is InChI=1S/C30H22FN3O5S2/c1-16-10-12-23(39-16)25-24(26(35)18-11-13-22(38-2)21(31)14-18)27(36)28(37)34(25)29-32-33-30(41-29)40-15-19-8-5-7-17-6-3-4-9-20(17)19/h3-14,25,35H,15H2,1-2H3/t25-/m1/s1. The van der Waals surface area contributed by atoms with E-state index in [9.17, 15) is 19.1 Å². The molecule has 0 bridgehead atoms. The number of aromatic nitrogens is 2. The highest BCUT2D eigenvalue weighted by Gasteiger charge is 2.49. The van der Waals surface area contributed by atoms with Crippen molar-refractivity contribution in [2.45, 2.75) is 23.1 Å². The number of Topliss-reactive ketones (excluding diaryl/α,β-unsaturated/α-hetero) is 1. The average Bonchev–Trinajstić information content (AvgIpc) is 3.69. The van der Waals surface area contributed by atoms with Crippen LogP contribution in [0.15, 0.2) is 87.1 Å². The molecule has 41 heavy (non-hydrogen) atoms. The van der Waals surface area contributed by atoms with Crippen LogP contribution in [0.3, 0.4) is 0 Å². The molecule has 3 aromatic carbocycles. The first kappa shape index (κ1) is 26.7. The van der Waals surface area contributed by atoms with E-state index in [1.807, 2.05) is 18.2 Å². The Kier molecular flexibility index (Phi) is 7.06. The third-order valence-corrected chi connectivity index (χ3v) is 8.84. The van der Waals surface area contributed by atoms with Crippen molar-refractivity contribution >= 4 is 56.5 Å². The van der Waals surface area contributed by atoms with Crippen molar-refractivity contribution in [3.63, 3.8) is 0 Å². The second-order valence-corrected chi connectivity index (χ2v) is 11.4. The number of carbonyl (C=O) groups excluding carboxylic acids is 2. The van der Waals surface area contributed by atoms with E-state index >= 15 is 0 Å². The van der Waals surface area contributed by atoms with Crippen LogP contribution in [0.1, 0.15) is 28.7 Å². The van der Waals surface area contributed by atoms with Crippen molar-refractivity contribution < 1.29 is 28.2 Å².